The highest BCUT2D eigenvalue weighted by molar-refractivity contribution is 5.88. The fraction of sp³-hybridized carbons (Fsp3) is 0.0857. The maximum Gasteiger partial charge on any atom is 0.409 e. The first-order valence-electron chi connectivity index (χ1n) is 14.5. The van der Waals surface area contributed by atoms with E-state index in [1.54, 1.807) is 52.1 Å². The van der Waals surface area contributed by atoms with Crippen molar-refractivity contribution in [3.8, 4) is 34.6 Å². The lowest BCUT2D eigenvalue weighted by Gasteiger charge is -2.22. The van der Waals surface area contributed by atoms with Crippen molar-refractivity contribution in [3.63, 3.8) is 0 Å². The van der Waals surface area contributed by atoms with Crippen LogP contribution in [0.15, 0.2) is 119 Å². The van der Waals surface area contributed by atoms with E-state index in [1.807, 2.05) is 92.7 Å². The Hall–Kier alpha value is -6.20. The average molecular weight is 613 g/mol. The Morgan fingerprint density at radius 1 is 0.761 bits per heavy atom. The molecule has 2 aromatic heterocycles. The highest BCUT2D eigenvalue weighted by Crippen LogP contribution is 2.35. The van der Waals surface area contributed by atoms with Gasteiger partial charge in [0, 0.05) is 12.4 Å². The van der Waals surface area contributed by atoms with Crippen LogP contribution in [0, 0.1) is 13.8 Å². The summed E-state index contributed by atoms with van der Waals surface area (Å²) in [6, 6.07) is 33.5. The monoisotopic (exact) mass is 612 g/mol. The third-order valence-corrected chi connectivity index (χ3v) is 7.26. The van der Waals surface area contributed by atoms with Gasteiger partial charge in [-0.15, -0.1) is 0 Å². The van der Waals surface area contributed by atoms with E-state index in [4.69, 9.17) is 29.4 Å². The summed E-state index contributed by atoms with van der Waals surface area (Å²) >= 11 is 0. The van der Waals surface area contributed by atoms with Crippen LogP contribution in [0.5, 0.6) is 23.3 Å². The second-order valence-corrected chi connectivity index (χ2v) is 10.3. The van der Waals surface area contributed by atoms with Crippen LogP contribution in [-0.2, 0) is 0 Å². The minimum atomic E-state index is -1.32. The maximum absolute atomic E-state index is 9.37. The Kier molecular flexibility index (Phi) is 7.71. The van der Waals surface area contributed by atoms with Gasteiger partial charge in [0.1, 0.15) is 11.4 Å². The number of fused-ring (bicyclic) bond motifs is 2. The second-order valence-electron chi connectivity index (χ2n) is 10.3. The minimum absolute atomic E-state index is 0.200. The Morgan fingerprint density at radius 2 is 1.41 bits per heavy atom. The lowest BCUT2D eigenvalue weighted by Crippen LogP contribution is -2.32. The quantitative estimate of drug-likeness (QED) is 0.115. The van der Waals surface area contributed by atoms with Crippen molar-refractivity contribution < 1.29 is 24.4 Å². The molecular weight excluding hydrogens is 584 g/mol. The molecule has 0 bridgehead atoms. The number of para-hydroxylation sites is 6. The van der Waals surface area contributed by atoms with Crippen molar-refractivity contribution in [2.45, 2.75) is 20.3 Å². The fourth-order valence-electron chi connectivity index (χ4n) is 4.98. The van der Waals surface area contributed by atoms with E-state index in [2.05, 4.69) is 9.88 Å². The summed E-state index contributed by atoms with van der Waals surface area (Å²) in [5.41, 5.74) is 5.11. The number of nitrogens with zero attached hydrogens (tertiary/aromatic N) is 6. The SMILES string of the molecule is Cc1nn(-c2ccccc2)c(OC2Oc3ccccc3N=Cc3c(C)nn(-c4ccccc4)c3O2)c1C=Nc1ccccc1OO. The lowest BCUT2D eigenvalue weighted by molar-refractivity contribution is -0.145. The van der Waals surface area contributed by atoms with E-state index < -0.39 is 6.48 Å². The smallest absolute Gasteiger partial charge is 0.409 e. The van der Waals surface area contributed by atoms with Gasteiger partial charge >= 0.3 is 6.48 Å². The number of aryl methyl sites for hydroxylation is 2. The molecule has 228 valence electrons. The number of aromatic nitrogens is 4. The topological polar surface area (TPSA) is 118 Å². The van der Waals surface area contributed by atoms with Crippen LogP contribution in [0.1, 0.15) is 22.5 Å². The molecule has 4 aromatic carbocycles. The number of aliphatic imine (C=N–C) groups is 2. The van der Waals surface area contributed by atoms with Crippen LogP contribution < -0.4 is 19.1 Å². The molecule has 0 radical (unpaired) electrons. The summed E-state index contributed by atoms with van der Waals surface area (Å²) in [5.74, 6) is 1.35. The summed E-state index contributed by atoms with van der Waals surface area (Å²) < 4.78 is 22.9. The van der Waals surface area contributed by atoms with Gasteiger partial charge in [0.25, 0.3) is 0 Å². The van der Waals surface area contributed by atoms with Crippen molar-refractivity contribution in [2.75, 3.05) is 0 Å². The first kappa shape index (κ1) is 28.6. The Balaban J connectivity index is 1.36. The van der Waals surface area contributed by atoms with Gasteiger partial charge in [-0.3, -0.25) is 9.98 Å². The number of rotatable bonds is 7. The van der Waals surface area contributed by atoms with Crippen molar-refractivity contribution in [1.82, 2.24) is 19.6 Å². The van der Waals surface area contributed by atoms with Gasteiger partial charge in [-0.05, 0) is 62.4 Å². The third kappa shape index (κ3) is 5.58. The molecule has 6 aromatic rings. The largest absolute Gasteiger partial charge is 0.420 e. The third-order valence-electron chi connectivity index (χ3n) is 7.26. The van der Waals surface area contributed by atoms with Crippen LogP contribution >= 0.6 is 0 Å². The molecule has 0 saturated carbocycles. The van der Waals surface area contributed by atoms with Crippen LogP contribution in [0.3, 0.4) is 0 Å². The predicted octanol–water partition coefficient (Wildman–Crippen LogP) is 7.16. The van der Waals surface area contributed by atoms with Gasteiger partial charge in [-0.25, -0.2) is 14.6 Å². The first-order chi connectivity index (χ1) is 22.6. The van der Waals surface area contributed by atoms with Crippen molar-refractivity contribution >= 4 is 23.8 Å². The summed E-state index contributed by atoms with van der Waals surface area (Å²) in [5, 5.41) is 18.9. The van der Waals surface area contributed by atoms with E-state index in [0.29, 0.717) is 51.4 Å². The summed E-state index contributed by atoms with van der Waals surface area (Å²) in [7, 11) is 0. The van der Waals surface area contributed by atoms with Gasteiger partial charge < -0.3 is 19.1 Å². The van der Waals surface area contributed by atoms with E-state index in [0.717, 1.165) is 11.4 Å². The standard InChI is InChI=1S/C35H28N6O5/c1-23-27-21-36-29-17-9-11-19-31(29)43-35(44-33(27)40(38-23)25-13-5-3-6-14-25)45-34-28(22-37-30-18-10-12-20-32(30)46-42)24(2)39-41(34)26-15-7-4-8-16-26/h3-22,35,42H,1-2H3. The van der Waals surface area contributed by atoms with E-state index >= 15 is 0 Å². The van der Waals surface area contributed by atoms with Crippen LogP contribution in [0.4, 0.5) is 11.4 Å². The van der Waals surface area contributed by atoms with E-state index in [9.17, 15) is 5.26 Å². The van der Waals surface area contributed by atoms with Gasteiger partial charge in [0.15, 0.2) is 11.5 Å². The molecule has 3 heterocycles. The summed E-state index contributed by atoms with van der Waals surface area (Å²) in [6.45, 7) is 2.42. The number of ether oxygens (including phenoxy) is 3. The van der Waals surface area contributed by atoms with Crippen molar-refractivity contribution in [1.29, 1.82) is 0 Å². The molecule has 0 amide bonds. The van der Waals surface area contributed by atoms with Crippen molar-refractivity contribution in [2.24, 2.45) is 9.98 Å². The zero-order chi connectivity index (χ0) is 31.5. The lowest BCUT2D eigenvalue weighted by atomic mass is 10.2. The van der Waals surface area contributed by atoms with Crippen LogP contribution in [0.25, 0.3) is 11.4 Å². The highest BCUT2D eigenvalue weighted by Gasteiger charge is 2.29. The van der Waals surface area contributed by atoms with Crippen LogP contribution in [-0.4, -0.2) is 43.7 Å². The molecule has 1 aliphatic rings. The molecule has 0 spiro atoms. The molecule has 0 saturated heterocycles. The highest BCUT2D eigenvalue weighted by atomic mass is 17.1. The van der Waals surface area contributed by atoms with Gasteiger partial charge in [0.05, 0.1) is 33.9 Å². The Bertz CT molecular complexity index is 2050. The number of hydrogen-bond donors (Lipinski definition) is 1. The molecule has 0 aliphatic carbocycles. The molecule has 0 fully saturated rings. The number of hydrogen-bond acceptors (Lipinski definition) is 9. The Morgan fingerprint density at radius 3 is 2.17 bits per heavy atom. The first-order valence-corrected chi connectivity index (χ1v) is 14.5. The normalized spacial score (nSPS) is 13.9. The molecule has 1 aliphatic heterocycles. The van der Waals surface area contributed by atoms with E-state index in [-0.39, 0.29) is 5.75 Å². The molecule has 1 unspecified atom stereocenters. The average Bonchev–Trinajstić information content (AvgIpc) is 3.60. The molecular formula is C35H28N6O5. The summed E-state index contributed by atoms with van der Waals surface area (Å²) in [4.78, 5) is 13.8. The van der Waals surface area contributed by atoms with E-state index in [1.165, 1.54) is 0 Å². The minimum Gasteiger partial charge on any atom is -0.420 e. The second kappa shape index (κ2) is 12.4. The molecule has 46 heavy (non-hydrogen) atoms. The zero-order valence-electron chi connectivity index (χ0n) is 24.9. The molecule has 1 N–H and O–H groups in total. The maximum atomic E-state index is 9.37. The molecule has 11 nitrogen and oxygen atoms in total. The Labute approximate surface area is 264 Å². The van der Waals surface area contributed by atoms with Crippen LogP contribution in [0.2, 0.25) is 0 Å². The number of benzene rings is 4. The van der Waals surface area contributed by atoms with Gasteiger partial charge in [-0.2, -0.15) is 10.2 Å². The van der Waals surface area contributed by atoms with Gasteiger partial charge in [-0.1, -0.05) is 60.7 Å². The molecule has 7 rings (SSSR count). The van der Waals surface area contributed by atoms with Crippen molar-refractivity contribution in [3.05, 3.63) is 132 Å². The molecule has 11 heteroatoms. The fourth-order valence-corrected chi connectivity index (χ4v) is 4.98. The van der Waals surface area contributed by atoms with Gasteiger partial charge in [0.2, 0.25) is 11.8 Å². The zero-order valence-corrected chi connectivity index (χ0v) is 24.9. The predicted molar refractivity (Wildman–Crippen MR) is 173 cm³/mol. The molecule has 1 atom stereocenters. The summed E-state index contributed by atoms with van der Waals surface area (Å²) in [6.07, 6.45) is 3.32.